The van der Waals surface area contributed by atoms with E-state index in [0.717, 1.165) is 17.7 Å². The number of nitrogens with two attached hydrogens (primary N) is 1. The van der Waals surface area contributed by atoms with Crippen LogP contribution in [0.4, 0.5) is 18.9 Å². The molecule has 8 heteroatoms. The Labute approximate surface area is 155 Å². The maximum Gasteiger partial charge on any atom is 0.416 e. The van der Waals surface area contributed by atoms with Gasteiger partial charge in [-0.2, -0.15) is 13.2 Å². The third kappa shape index (κ3) is 6.26. The van der Waals surface area contributed by atoms with Crippen LogP contribution in [0.2, 0.25) is 0 Å². The van der Waals surface area contributed by atoms with Gasteiger partial charge in [0, 0.05) is 19.6 Å². The molecule has 0 radical (unpaired) electrons. The molecule has 146 valence electrons. The molecule has 27 heavy (non-hydrogen) atoms. The van der Waals surface area contributed by atoms with Crippen molar-refractivity contribution in [2.24, 2.45) is 5.73 Å². The highest BCUT2D eigenvalue weighted by Crippen LogP contribution is 2.35. The fourth-order valence-electron chi connectivity index (χ4n) is 2.38. The van der Waals surface area contributed by atoms with Crippen molar-refractivity contribution in [3.8, 4) is 5.75 Å². The fourth-order valence-corrected chi connectivity index (χ4v) is 2.38. The van der Waals surface area contributed by atoms with Crippen LogP contribution >= 0.6 is 0 Å². The van der Waals surface area contributed by atoms with Crippen molar-refractivity contribution < 1.29 is 27.4 Å². The topological polar surface area (TPSA) is 73.6 Å². The number of hydrogen-bond acceptors (Lipinski definition) is 4. The second-order valence-corrected chi connectivity index (χ2v) is 5.82. The summed E-state index contributed by atoms with van der Waals surface area (Å²) in [4.78, 5) is 12.3. The quantitative estimate of drug-likeness (QED) is 0.682. The smallest absolute Gasteiger partial charge is 0.416 e. The van der Waals surface area contributed by atoms with E-state index in [1.165, 1.54) is 13.2 Å². The molecule has 0 aromatic heterocycles. The van der Waals surface area contributed by atoms with Crippen LogP contribution in [-0.2, 0) is 15.7 Å². The van der Waals surface area contributed by atoms with Gasteiger partial charge < -0.3 is 20.5 Å². The number of anilines is 1. The summed E-state index contributed by atoms with van der Waals surface area (Å²) in [6, 6.07) is 11.3. The molecule has 1 unspecified atom stereocenters. The SMILES string of the molecule is COCCOc1ccc(C(F)(F)F)cc1NC(=O)CC(N)c1ccccc1. The molecule has 0 saturated heterocycles. The molecule has 0 spiro atoms. The van der Waals surface area contributed by atoms with Gasteiger partial charge in [-0.1, -0.05) is 30.3 Å². The van der Waals surface area contributed by atoms with Crippen LogP contribution in [0.1, 0.15) is 23.6 Å². The van der Waals surface area contributed by atoms with Gasteiger partial charge in [0.05, 0.1) is 17.9 Å². The largest absolute Gasteiger partial charge is 0.489 e. The Morgan fingerprint density at radius 2 is 1.85 bits per heavy atom. The summed E-state index contributed by atoms with van der Waals surface area (Å²) in [5.74, 6) is -0.385. The van der Waals surface area contributed by atoms with Gasteiger partial charge in [0.2, 0.25) is 5.91 Å². The molecule has 5 nitrogen and oxygen atoms in total. The number of ether oxygens (including phenoxy) is 2. The molecule has 0 bridgehead atoms. The third-order valence-corrected chi connectivity index (χ3v) is 3.76. The first kappa shape index (κ1) is 20.7. The highest BCUT2D eigenvalue weighted by Gasteiger charge is 2.31. The molecule has 0 aliphatic carbocycles. The fraction of sp³-hybridized carbons (Fsp3) is 0.316. The number of nitrogens with one attached hydrogen (secondary N) is 1. The van der Waals surface area contributed by atoms with Crippen molar-refractivity contribution in [3.63, 3.8) is 0 Å². The maximum absolute atomic E-state index is 13.0. The Balaban J connectivity index is 2.14. The van der Waals surface area contributed by atoms with Gasteiger partial charge in [-0.15, -0.1) is 0 Å². The zero-order chi connectivity index (χ0) is 19.9. The molecule has 0 fully saturated rings. The first-order chi connectivity index (χ1) is 12.8. The van der Waals surface area contributed by atoms with E-state index in [4.69, 9.17) is 15.2 Å². The molecule has 0 heterocycles. The van der Waals surface area contributed by atoms with Gasteiger partial charge in [-0.25, -0.2) is 0 Å². The third-order valence-electron chi connectivity index (χ3n) is 3.76. The summed E-state index contributed by atoms with van der Waals surface area (Å²) in [6.07, 6.45) is -4.62. The molecule has 3 N–H and O–H groups in total. The van der Waals surface area contributed by atoms with Crippen molar-refractivity contribution in [1.82, 2.24) is 0 Å². The number of amides is 1. The number of rotatable bonds is 8. The Morgan fingerprint density at radius 3 is 2.48 bits per heavy atom. The Bertz CT molecular complexity index is 752. The molecule has 0 saturated carbocycles. The lowest BCUT2D eigenvalue weighted by Crippen LogP contribution is -2.21. The van der Waals surface area contributed by atoms with Crippen molar-refractivity contribution in [1.29, 1.82) is 0 Å². The first-order valence-electron chi connectivity index (χ1n) is 8.24. The molecule has 2 aromatic carbocycles. The molecule has 1 atom stereocenters. The van der Waals surface area contributed by atoms with E-state index in [1.807, 2.05) is 6.07 Å². The predicted octanol–water partition coefficient (Wildman–Crippen LogP) is 3.76. The molecule has 0 aliphatic heterocycles. The van der Waals surface area contributed by atoms with Crippen LogP contribution in [0.5, 0.6) is 5.75 Å². The lowest BCUT2D eigenvalue weighted by molar-refractivity contribution is -0.137. The molecule has 0 aliphatic rings. The summed E-state index contributed by atoms with van der Waals surface area (Å²) in [6.45, 7) is 0.390. The van der Waals surface area contributed by atoms with E-state index in [2.05, 4.69) is 5.32 Å². The Kier molecular flexibility index (Phi) is 7.20. The van der Waals surface area contributed by atoms with Gasteiger partial charge >= 0.3 is 6.18 Å². The van der Waals surface area contributed by atoms with E-state index >= 15 is 0 Å². The average Bonchev–Trinajstić information content (AvgIpc) is 2.62. The van der Waals surface area contributed by atoms with Crippen molar-refractivity contribution >= 4 is 11.6 Å². The van der Waals surface area contributed by atoms with Gasteiger partial charge in [0.25, 0.3) is 0 Å². The lowest BCUT2D eigenvalue weighted by atomic mass is 10.0. The molecule has 2 aromatic rings. The molecule has 2 rings (SSSR count). The molecule has 1 amide bonds. The second-order valence-electron chi connectivity index (χ2n) is 5.82. The summed E-state index contributed by atoms with van der Waals surface area (Å²) in [5.41, 5.74) is 5.81. The normalized spacial score (nSPS) is 12.5. The van der Waals surface area contributed by atoms with Crippen molar-refractivity contribution in [2.75, 3.05) is 25.6 Å². The first-order valence-corrected chi connectivity index (χ1v) is 8.24. The predicted molar refractivity (Wildman–Crippen MR) is 95.4 cm³/mol. The molecular formula is C19H21F3N2O3. The van der Waals surface area contributed by atoms with Crippen molar-refractivity contribution in [2.45, 2.75) is 18.6 Å². The number of carbonyl (C=O) groups is 1. The zero-order valence-corrected chi connectivity index (χ0v) is 14.8. The number of benzene rings is 2. The van der Waals surface area contributed by atoms with Crippen LogP contribution in [0.25, 0.3) is 0 Å². The van der Waals surface area contributed by atoms with Gasteiger partial charge in [0.15, 0.2) is 0 Å². The van der Waals surface area contributed by atoms with Crippen LogP contribution in [0.15, 0.2) is 48.5 Å². The van der Waals surface area contributed by atoms with E-state index in [0.29, 0.717) is 0 Å². The van der Waals surface area contributed by atoms with E-state index in [1.54, 1.807) is 24.3 Å². The summed E-state index contributed by atoms with van der Waals surface area (Å²) in [7, 11) is 1.48. The minimum atomic E-state index is -4.54. The lowest BCUT2D eigenvalue weighted by Gasteiger charge is -2.16. The van der Waals surface area contributed by atoms with Crippen LogP contribution < -0.4 is 15.8 Å². The minimum absolute atomic E-state index is 0.0637. The standard InChI is InChI=1S/C19H21F3N2O3/c1-26-9-10-27-17-8-7-14(19(20,21)22)11-16(17)24-18(25)12-15(23)13-5-3-2-4-6-13/h2-8,11,15H,9-10,12,23H2,1H3,(H,24,25). The number of carbonyl (C=O) groups excluding carboxylic acids is 1. The van der Waals surface area contributed by atoms with Crippen molar-refractivity contribution in [3.05, 3.63) is 59.7 Å². The maximum atomic E-state index is 13.0. The highest BCUT2D eigenvalue weighted by atomic mass is 19.4. The Morgan fingerprint density at radius 1 is 1.15 bits per heavy atom. The monoisotopic (exact) mass is 382 g/mol. The van der Waals surface area contributed by atoms with Gasteiger partial charge in [-0.3, -0.25) is 4.79 Å². The summed E-state index contributed by atoms with van der Waals surface area (Å²) < 4.78 is 49.2. The van der Waals surface area contributed by atoms with Gasteiger partial charge in [0.1, 0.15) is 12.4 Å². The van der Waals surface area contributed by atoms with E-state index in [9.17, 15) is 18.0 Å². The second kappa shape index (κ2) is 9.38. The van der Waals surface area contributed by atoms with Crippen LogP contribution in [-0.4, -0.2) is 26.2 Å². The van der Waals surface area contributed by atoms with Crippen LogP contribution in [0.3, 0.4) is 0 Å². The van der Waals surface area contributed by atoms with E-state index in [-0.39, 0.29) is 31.1 Å². The van der Waals surface area contributed by atoms with Gasteiger partial charge in [-0.05, 0) is 23.8 Å². The number of alkyl halides is 3. The minimum Gasteiger partial charge on any atom is -0.489 e. The number of halogens is 3. The van der Waals surface area contributed by atoms with E-state index < -0.39 is 23.7 Å². The summed E-state index contributed by atoms with van der Waals surface area (Å²) >= 11 is 0. The number of methoxy groups -OCH3 is 1. The Hall–Kier alpha value is -2.58. The number of hydrogen-bond donors (Lipinski definition) is 2. The molecular weight excluding hydrogens is 361 g/mol. The highest BCUT2D eigenvalue weighted by molar-refractivity contribution is 5.92. The average molecular weight is 382 g/mol. The summed E-state index contributed by atoms with van der Waals surface area (Å²) in [5, 5.41) is 2.47. The zero-order valence-electron chi connectivity index (χ0n) is 14.8. The van der Waals surface area contributed by atoms with Crippen LogP contribution in [0, 0.1) is 0 Å².